The summed E-state index contributed by atoms with van der Waals surface area (Å²) in [5.74, 6) is 0.397. The molecule has 0 radical (unpaired) electrons. The van der Waals surface area contributed by atoms with Gasteiger partial charge in [0.05, 0.1) is 0 Å². The number of benzene rings is 1. The van der Waals surface area contributed by atoms with Crippen LogP contribution in [0.4, 0.5) is 5.82 Å². The summed E-state index contributed by atoms with van der Waals surface area (Å²) < 4.78 is 0. The van der Waals surface area contributed by atoms with Crippen LogP contribution in [0, 0.1) is 0 Å². The molecule has 1 aromatic carbocycles. The number of carbonyl (C=O) groups is 1. The lowest BCUT2D eigenvalue weighted by molar-refractivity contribution is -0.111. The van der Waals surface area contributed by atoms with Crippen LogP contribution in [0.1, 0.15) is 23.2 Å². The zero-order valence-electron chi connectivity index (χ0n) is 11.3. The smallest absolute Gasteiger partial charge is 0.249 e. The summed E-state index contributed by atoms with van der Waals surface area (Å²) in [6, 6.07) is 7.37. The minimum Gasteiger partial charge on any atom is -0.307 e. The minimum absolute atomic E-state index is 0.220. The molecule has 0 unspecified atom stereocenters. The number of fused-ring (bicyclic) bond motifs is 1. The van der Waals surface area contributed by atoms with Gasteiger partial charge in [-0.25, -0.2) is 9.97 Å². The van der Waals surface area contributed by atoms with Gasteiger partial charge in [-0.15, -0.1) is 0 Å². The summed E-state index contributed by atoms with van der Waals surface area (Å²) in [4.78, 5) is 20.4. The molecule has 1 aliphatic rings. The Morgan fingerprint density at radius 2 is 2.10 bits per heavy atom. The molecular weight excluding hydrogens is 286 g/mol. The summed E-state index contributed by atoms with van der Waals surface area (Å²) in [7, 11) is 0. The van der Waals surface area contributed by atoms with Crippen molar-refractivity contribution in [3.63, 3.8) is 0 Å². The molecule has 0 aliphatic heterocycles. The first-order chi connectivity index (χ1) is 10.2. The maximum Gasteiger partial charge on any atom is 0.249 e. The fraction of sp³-hybridized carbons (Fsp3) is 0.188. The molecule has 5 heteroatoms. The van der Waals surface area contributed by atoms with Gasteiger partial charge in [-0.05, 0) is 37.0 Å². The van der Waals surface area contributed by atoms with Crippen molar-refractivity contribution in [3.8, 4) is 0 Å². The first-order valence-corrected chi connectivity index (χ1v) is 7.18. The second-order valence-electron chi connectivity index (χ2n) is 4.85. The number of anilines is 1. The van der Waals surface area contributed by atoms with Crippen molar-refractivity contribution in [2.45, 2.75) is 19.3 Å². The van der Waals surface area contributed by atoms with Gasteiger partial charge in [0.1, 0.15) is 12.1 Å². The van der Waals surface area contributed by atoms with Gasteiger partial charge >= 0.3 is 0 Å². The Hall–Kier alpha value is -2.20. The first-order valence-electron chi connectivity index (χ1n) is 6.80. The summed E-state index contributed by atoms with van der Waals surface area (Å²) in [5, 5.41) is 3.43. The number of aromatic nitrogens is 2. The van der Waals surface area contributed by atoms with Gasteiger partial charge in [0.15, 0.2) is 0 Å². The molecule has 0 atom stereocenters. The number of hydrogen-bond acceptors (Lipinski definition) is 3. The number of nitrogens with zero attached hydrogens (tertiary/aromatic N) is 2. The molecule has 1 aromatic heterocycles. The molecule has 0 bridgehead atoms. The lowest BCUT2D eigenvalue weighted by Gasteiger charge is -2.06. The molecule has 1 amide bonds. The Labute approximate surface area is 127 Å². The van der Waals surface area contributed by atoms with Gasteiger partial charge in [0.25, 0.3) is 0 Å². The molecule has 3 rings (SSSR count). The average Bonchev–Trinajstić information content (AvgIpc) is 2.96. The third-order valence-electron chi connectivity index (χ3n) is 3.44. The highest BCUT2D eigenvalue weighted by Gasteiger charge is 2.17. The predicted octanol–water partition coefficient (Wildman–Crippen LogP) is 3.27. The maximum atomic E-state index is 12.0. The number of aryl methyl sites for hydroxylation is 1. The Morgan fingerprint density at radius 3 is 2.95 bits per heavy atom. The standard InChI is InChI=1S/C16H14ClN3O/c17-13-6-2-1-4-11(13)8-9-15(21)20-16-12-5-3-7-14(12)18-10-19-16/h1-2,4,6,8-10H,3,5,7H2,(H,18,19,20,21). The van der Waals surface area contributed by atoms with Crippen molar-refractivity contribution in [1.29, 1.82) is 0 Å². The predicted molar refractivity (Wildman–Crippen MR) is 83.2 cm³/mol. The molecule has 21 heavy (non-hydrogen) atoms. The average molecular weight is 300 g/mol. The van der Waals surface area contributed by atoms with Crippen molar-refractivity contribution in [1.82, 2.24) is 9.97 Å². The Morgan fingerprint density at radius 1 is 1.24 bits per heavy atom. The van der Waals surface area contributed by atoms with Crippen LogP contribution in [0.5, 0.6) is 0 Å². The Balaban J connectivity index is 1.73. The molecular formula is C16H14ClN3O. The quantitative estimate of drug-likeness (QED) is 0.885. The van der Waals surface area contributed by atoms with Crippen LogP contribution in [-0.2, 0) is 17.6 Å². The highest BCUT2D eigenvalue weighted by atomic mass is 35.5. The normalized spacial score (nSPS) is 13.4. The highest BCUT2D eigenvalue weighted by Crippen LogP contribution is 2.25. The zero-order chi connectivity index (χ0) is 14.7. The fourth-order valence-electron chi connectivity index (χ4n) is 2.40. The summed E-state index contributed by atoms with van der Waals surface area (Å²) in [6.45, 7) is 0. The molecule has 4 nitrogen and oxygen atoms in total. The van der Waals surface area contributed by atoms with E-state index in [1.807, 2.05) is 18.2 Å². The van der Waals surface area contributed by atoms with Crippen molar-refractivity contribution in [2.24, 2.45) is 0 Å². The zero-order valence-corrected chi connectivity index (χ0v) is 12.1. The third kappa shape index (κ3) is 3.11. The van der Waals surface area contributed by atoms with Crippen molar-refractivity contribution in [3.05, 3.63) is 58.5 Å². The topological polar surface area (TPSA) is 54.9 Å². The van der Waals surface area contributed by atoms with Gasteiger partial charge in [-0.1, -0.05) is 29.8 Å². The second-order valence-corrected chi connectivity index (χ2v) is 5.25. The van der Waals surface area contributed by atoms with E-state index in [1.54, 1.807) is 12.1 Å². The summed E-state index contributed by atoms with van der Waals surface area (Å²) >= 11 is 6.04. The van der Waals surface area contributed by atoms with E-state index in [0.717, 1.165) is 36.1 Å². The van der Waals surface area contributed by atoms with Crippen molar-refractivity contribution in [2.75, 3.05) is 5.32 Å². The van der Waals surface area contributed by atoms with E-state index in [0.29, 0.717) is 10.8 Å². The lowest BCUT2D eigenvalue weighted by Crippen LogP contribution is -2.11. The lowest BCUT2D eigenvalue weighted by atomic mass is 10.2. The van der Waals surface area contributed by atoms with Crippen LogP contribution >= 0.6 is 11.6 Å². The van der Waals surface area contributed by atoms with Crippen LogP contribution in [0.2, 0.25) is 5.02 Å². The molecule has 0 fully saturated rings. The molecule has 1 N–H and O–H groups in total. The number of halogens is 1. The number of nitrogens with one attached hydrogen (secondary N) is 1. The van der Waals surface area contributed by atoms with Gasteiger partial charge in [0, 0.05) is 22.4 Å². The van der Waals surface area contributed by atoms with E-state index < -0.39 is 0 Å². The van der Waals surface area contributed by atoms with Gasteiger partial charge in [0.2, 0.25) is 5.91 Å². The monoisotopic (exact) mass is 299 g/mol. The van der Waals surface area contributed by atoms with E-state index >= 15 is 0 Å². The SMILES string of the molecule is O=C(C=Cc1ccccc1Cl)Nc1ncnc2c1CCC2. The van der Waals surface area contributed by atoms with Crippen LogP contribution in [0.25, 0.3) is 6.08 Å². The molecule has 1 aliphatic carbocycles. The van der Waals surface area contributed by atoms with Gasteiger partial charge < -0.3 is 5.32 Å². The van der Waals surface area contributed by atoms with Crippen molar-refractivity contribution >= 4 is 29.4 Å². The van der Waals surface area contributed by atoms with E-state index in [-0.39, 0.29) is 5.91 Å². The summed E-state index contributed by atoms with van der Waals surface area (Å²) in [5.41, 5.74) is 2.90. The fourth-order valence-corrected chi connectivity index (χ4v) is 2.60. The van der Waals surface area contributed by atoms with Crippen LogP contribution in [-0.4, -0.2) is 15.9 Å². The second kappa shape index (κ2) is 6.06. The highest BCUT2D eigenvalue weighted by molar-refractivity contribution is 6.32. The molecule has 1 heterocycles. The van der Waals surface area contributed by atoms with Gasteiger partial charge in [-0.3, -0.25) is 4.79 Å². The molecule has 0 saturated heterocycles. The molecule has 0 saturated carbocycles. The number of amides is 1. The molecule has 106 valence electrons. The largest absolute Gasteiger partial charge is 0.307 e. The Bertz CT molecular complexity index is 712. The summed E-state index contributed by atoms with van der Waals surface area (Å²) in [6.07, 6.45) is 7.59. The van der Waals surface area contributed by atoms with Gasteiger partial charge in [-0.2, -0.15) is 0 Å². The number of hydrogen-bond donors (Lipinski definition) is 1. The van der Waals surface area contributed by atoms with Crippen LogP contribution in [0.3, 0.4) is 0 Å². The maximum absolute atomic E-state index is 12.0. The van der Waals surface area contributed by atoms with Crippen LogP contribution < -0.4 is 5.32 Å². The number of carbonyl (C=O) groups excluding carboxylic acids is 1. The van der Waals surface area contributed by atoms with Crippen molar-refractivity contribution < 1.29 is 4.79 Å². The van der Waals surface area contributed by atoms with E-state index in [1.165, 1.54) is 12.4 Å². The van der Waals surface area contributed by atoms with E-state index in [4.69, 9.17) is 11.6 Å². The molecule has 2 aromatic rings. The third-order valence-corrected chi connectivity index (χ3v) is 3.78. The minimum atomic E-state index is -0.220. The van der Waals surface area contributed by atoms with Crippen LogP contribution in [0.15, 0.2) is 36.7 Å². The number of rotatable bonds is 3. The van der Waals surface area contributed by atoms with E-state index in [9.17, 15) is 4.79 Å². The Kier molecular flexibility index (Phi) is 3.97. The van der Waals surface area contributed by atoms with E-state index in [2.05, 4.69) is 15.3 Å². The first kappa shape index (κ1) is 13.8. The molecule has 0 spiro atoms.